The number of halogens is 2. The minimum absolute atomic E-state index is 0.222. The topological polar surface area (TPSA) is 78.9 Å². The molecule has 1 heterocycles. The lowest BCUT2D eigenvalue weighted by Crippen LogP contribution is -2.46. The summed E-state index contributed by atoms with van der Waals surface area (Å²) >= 11 is 12.2. The number of urea groups is 1. The molecule has 1 aliphatic rings. The number of carbonyl (C=O) groups is 2. The quantitative estimate of drug-likeness (QED) is 0.405. The number of aliphatic hydroxyl groups is 1. The molecule has 4 rings (SSSR count). The third-order valence-corrected chi connectivity index (χ3v) is 6.46. The fraction of sp³-hybridized carbons (Fsp3) is 0.231. The highest BCUT2D eigenvalue weighted by Crippen LogP contribution is 2.34. The summed E-state index contributed by atoms with van der Waals surface area (Å²) in [5.74, 6) is 1.05. The van der Waals surface area contributed by atoms with Crippen molar-refractivity contribution in [3.63, 3.8) is 0 Å². The van der Waals surface area contributed by atoms with Crippen LogP contribution >= 0.6 is 23.2 Å². The Labute approximate surface area is 208 Å². The molecule has 0 unspecified atom stereocenters. The maximum atomic E-state index is 12.7. The molecular formula is C26H24Cl2N2O4. The predicted molar refractivity (Wildman–Crippen MR) is 133 cm³/mol. The average molecular weight is 499 g/mol. The molecule has 34 heavy (non-hydrogen) atoms. The van der Waals surface area contributed by atoms with Crippen molar-refractivity contribution in [1.29, 1.82) is 0 Å². The van der Waals surface area contributed by atoms with Crippen LogP contribution in [0.2, 0.25) is 10.0 Å². The lowest BCUT2D eigenvalue weighted by Gasteiger charge is -2.38. The molecule has 3 aromatic rings. The summed E-state index contributed by atoms with van der Waals surface area (Å²) < 4.78 is 5.81. The molecule has 1 aliphatic heterocycles. The average Bonchev–Trinajstić information content (AvgIpc) is 2.83. The Morgan fingerprint density at radius 2 is 1.71 bits per heavy atom. The first-order valence-electron chi connectivity index (χ1n) is 10.9. The van der Waals surface area contributed by atoms with Crippen LogP contribution in [0.4, 0.5) is 10.5 Å². The summed E-state index contributed by atoms with van der Waals surface area (Å²) in [6.45, 7) is 0.871. The monoisotopic (exact) mass is 498 g/mol. The summed E-state index contributed by atoms with van der Waals surface area (Å²) in [6, 6.07) is 19.1. The van der Waals surface area contributed by atoms with Crippen molar-refractivity contribution in [2.24, 2.45) is 0 Å². The maximum absolute atomic E-state index is 12.7. The van der Waals surface area contributed by atoms with Gasteiger partial charge in [0, 0.05) is 30.2 Å². The van der Waals surface area contributed by atoms with Crippen molar-refractivity contribution in [3.8, 4) is 11.5 Å². The second-order valence-corrected chi connectivity index (χ2v) is 9.06. The second-order valence-electron chi connectivity index (χ2n) is 8.22. The van der Waals surface area contributed by atoms with Crippen LogP contribution in [-0.2, 0) is 16.8 Å². The maximum Gasteiger partial charge on any atom is 0.321 e. The molecule has 1 saturated heterocycles. The Bertz CT molecular complexity index is 1160. The molecule has 176 valence electrons. The van der Waals surface area contributed by atoms with E-state index in [-0.39, 0.29) is 6.03 Å². The van der Waals surface area contributed by atoms with Gasteiger partial charge in [-0.3, -0.25) is 0 Å². The number of likely N-dealkylation sites (tertiary alicyclic amines) is 1. The fourth-order valence-corrected chi connectivity index (χ4v) is 4.28. The van der Waals surface area contributed by atoms with Gasteiger partial charge in [0.25, 0.3) is 0 Å². The zero-order valence-corrected chi connectivity index (χ0v) is 19.9. The van der Waals surface area contributed by atoms with Crippen LogP contribution in [0.1, 0.15) is 24.0 Å². The van der Waals surface area contributed by atoms with Crippen LogP contribution in [0.5, 0.6) is 11.5 Å². The van der Waals surface area contributed by atoms with Gasteiger partial charge in [0.1, 0.15) is 17.8 Å². The Morgan fingerprint density at radius 3 is 2.32 bits per heavy atom. The first kappa shape index (κ1) is 24.1. The molecule has 2 N–H and O–H groups in total. The summed E-state index contributed by atoms with van der Waals surface area (Å²) in [6.07, 6.45) is 2.01. The molecule has 0 aliphatic carbocycles. The van der Waals surface area contributed by atoms with Gasteiger partial charge < -0.3 is 24.9 Å². The van der Waals surface area contributed by atoms with E-state index in [0.717, 1.165) is 17.4 Å². The van der Waals surface area contributed by atoms with Crippen LogP contribution < -0.4 is 10.1 Å². The number of ether oxygens (including phenoxy) is 1. The van der Waals surface area contributed by atoms with E-state index in [1.807, 2.05) is 12.1 Å². The van der Waals surface area contributed by atoms with Crippen molar-refractivity contribution in [2.75, 3.05) is 18.4 Å². The lowest BCUT2D eigenvalue weighted by molar-refractivity contribution is -0.107. The standard InChI is InChI=1S/C26H24Cl2N2O4/c27-20-4-2-19(3-5-20)26(33)12-14-30(15-13-26)25(32)29-21-6-8-22(9-7-21)34-24-10-1-18(11-16-31)17-23(24)28/h1-10,16-17,33H,11-15H2,(H,29,32). The smallest absolute Gasteiger partial charge is 0.321 e. The third kappa shape index (κ3) is 5.70. The Morgan fingerprint density at radius 1 is 1.03 bits per heavy atom. The molecule has 8 heteroatoms. The highest BCUT2D eigenvalue weighted by molar-refractivity contribution is 6.32. The van der Waals surface area contributed by atoms with E-state index in [2.05, 4.69) is 5.32 Å². The highest BCUT2D eigenvalue weighted by atomic mass is 35.5. The zero-order chi connectivity index (χ0) is 24.1. The number of carbonyl (C=O) groups excluding carboxylic acids is 2. The molecule has 1 fully saturated rings. The van der Waals surface area contributed by atoms with Gasteiger partial charge in [0.2, 0.25) is 0 Å². The molecule has 0 radical (unpaired) electrons. The van der Waals surface area contributed by atoms with E-state index in [1.165, 1.54) is 0 Å². The normalized spacial score (nSPS) is 15.0. The first-order valence-corrected chi connectivity index (χ1v) is 11.7. The number of anilines is 1. The van der Waals surface area contributed by atoms with E-state index in [9.17, 15) is 14.7 Å². The van der Waals surface area contributed by atoms with Crippen LogP contribution in [0.25, 0.3) is 0 Å². The Hall–Kier alpha value is -3.06. The van der Waals surface area contributed by atoms with Crippen LogP contribution in [-0.4, -0.2) is 35.4 Å². The molecule has 3 aromatic carbocycles. The van der Waals surface area contributed by atoms with Gasteiger partial charge in [-0.05, 0) is 72.5 Å². The van der Waals surface area contributed by atoms with E-state index in [4.69, 9.17) is 27.9 Å². The largest absolute Gasteiger partial charge is 0.456 e. The second kappa shape index (κ2) is 10.5. The summed E-state index contributed by atoms with van der Waals surface area (Å²) in [4.78, 5) is 25.0. The number of aldehydes is 1. The number of amides is 2. The third-order valence-electron chi connectivity index (χ3n) is 5.91. The van der Waals surface area contributed by atoms with Gasteiger partial charge >= 0.3 is 6.03 Å². The summed E-state index contributed by atoms with van der Waals surface area (Å²) in [5.41, 5.74) is 1.29. The van der Waals surface area contributed by atoms with Gasteiger partial charge in [-0.15, -0.1) is 0 Å². The predicted octanol–water partition coefficient (Wildman–Crippen LogP) is 6.04. The summed E-state index contributed by atoms with van der Waals surface area (Å²) in [5, 5.41) is 14.9. The van der Waals surface area contributed by atoms with E-state index >= 15 is 0 Å². The zero-order valence-electron chi connectivity index (χ0n) is 18.3. The van der Waals surface area contributed by atoms with Crippen LogP contribution in [0.3, 0.4) is 0 Å². The molecule has 6 nitrogen and oxygen atoms in total. The number of rotatable bonds is 6. The number of hydrogen-bond donors (Lipinski definition) is 2. The molecule has 0 spiro atoms. The van der Waals surface area contributed by atoms with Crippen molar-refractivity contribution in [3.05, 3.63) is 87.9 Å². The SMILES string of the molecule is O=CCc1ccc(Oc2ccc(NC(=O)N3CCC(O)(c4ccc(Cl)cc4)CC3)cc2)c(Cl)c1. The van der Waals surface area contributed by atoms with E-state index in [1.54, 1.807) is 59.5 Å². The first-order chi connectivity index (χ1) is 16.4. The number of hydrogen-bond acceptors (Lipinski definition) is 4. The highest BCUT2D eigenvalue weighted by Gasteiger charge is 2.35. The Kier molecular flexibility index (Phi) is 7.41. The summed E-state index contributed by atoms with van der Waals surface area (Å²) in [7, 11) is 0. The van der Waals surface area contributed by atoms with Gasteiger partial charge in [0.05, 0.1) is 10.6 Å². The number of nitrogens with one attached hydrogen (secondary N) is 1. The van der Waals surface area contributed by atoms with Crippen LogP contribution in [0.15, 0.2) is 66.7 Å². The molecule has 0 saturated carbocycles. The van der Waals surface area contributed by atoms with Crippen molar-refractivity contribution < 1.29 is 19.4 Å². The minimum Gasteiger partial charge on any atom is -0.456 e. The Balaban J connectivity index is 1.32. The minimum atomic E-state index is -0.965. The van der Waals surface area contributed by atoms with Gasteiger partial charge in [-0.1, -0.05) is 41.4 Å². The molecule has 2 amide bonds. The molecule has 0 bridgehead atoms. The van der Waals surface area contributed by atoms with E-state index in [0.29, 0.717) is 59.6 Å². The lowest BCUT2D eigenvalue weighted by atomic mass is 9.84. The fourth-order valence-electron chi connectivity index (χ4n) is 3.91. The van der Waals surface area contributed by atoms with E-state index < -0.39 is 5.60 Å². The number of benzene rings is 3. The van der Waals surface area contributed by atoms with Crippen molar-refractivity contribution in [2.45, 2.75) is 24.9 Å². The van der Waals surface area contributed by atoms with Gasteiger partial charge in [0.15, 0.2) is 0 Å². The number of piperidine rings is 1. The van der Waals surface area contributed by atoms with Crippen molar-refractivity contribution in [1.82, 2.24) is 4.90 Å². The molecular weight excluding hydrogens is 475 g/mol. The number of nitrogens with zero attached hydrogens (tertiary/aromatic N) is 1. The van der Waals surface area contributed by atoms with Gasteiger partial charge in [-0.2, -0.15) is 0 Å². The van der Waals surface area contributed by atoms with Crippen LogP contribution in [0, 0.1) is 0 Å². The van der Waals surface area contributed by atoms with Gasteiger partial charge in [-0.25, -0.2) is 4.79 Å². The molecule has 0 aromatic heterocycles. The molecule has 0 atom stereocenters. The van der Waals surface area contributed by atoms with Crippen molar-refractivity contribution >= 4 is 41.2 Å².